The van der Waals surface area contributed by atoms with Gasteiger partial charge in [-0.25, -0.2) is 8.42 Å². The molecule has 0 bridgehead atoms. The molecule has 7 heteroatoms. The molecule has 2 rings (SSSR count). The summed E-state index contributed by atoms with van der Waals surface area (Å²) in [6, 6.07) is 6.60. The Kier molecular flexibility index (Phi) is 6.08. The van der Waals surface area contributed by atoms with Gasteiger partial charge in [0, 0.05) is 26.2 Å². The Hall–Kier alpha value is -0.330. The number of rotatable bonds is 3. The minimum Gasteiger partial charge on any atom is -0.301 e. The predicted molar refractivity (Wildman–Crippen MR) is 79.6 cm³/mol. The molecule has 0 amide bonds. The number of benzene rings is 1. The van der Waals surface area contributed by atoms with Gasteiger partial charge in [0.2, 0.25) is 10.0 Å². The molecule has 1 fully saturated rings. The van der Waals surface area contributed by atoms with E-state index in [4.69, 9.17) is 11.6 Å². The zero-order valence-corrected chi connectivity index (χ0v) is 13.1. The number of nitrogens with zero attached hydrogens (tertiary/aromatic N) is 2. The second kappa shape index (κ2) is 6.90. The maximum Gasteiger partial charge on any atom is 0.244 e. The number of sulfonamides is 1. The number of halogens is 2. The number of hydrogen-bond donors (Lipinski definition) is 0. The first-order chi connectivity index (χ1) is 8.55. The van der Waals surface area contributed by atoms with Gasteiger partial charge in [-0.15, -0.1) is 12.4 Å². The van der Waals surface area contributed by atoms with Crippen molar-refractivity contribution in [2.45, 2.75) is 11.8 Å². The summed E-state index contributed by atoms with van der Waals surface area (Å²) in [6.07, 6.45) is 0. The second-order valence-corrected chi connectivity index (χ2v) is 6.58. The molecule has 1 heterocycles. The van der Waals surface area contributed by atoms with E-state index in [1.54, 1.807) is 24.3 Å². The van der Waals surface area contributed by atoms with Gasteiger partial charge in [0.05, 0.1) is 5.02 Å². The highest BCUT2D eigenvalue weighted by atomic mass is 35.5. The minimum absolute atomic E-state index is 0. The maximum atomic E-state index is 12.4. The van der Waals surface area contributed by atoms with E-state index < -0.39 is 10.0 Å². The SMILES string of the molecule is CCN1CCN(S(=O)(=O)c2ccccc2Cl)CC1.Cl. The van der Waals surface area contributed by atoms with Gasteiger partial charge in [0.25, 0.3) is 0 Å². The van der Waals surface area contributed by atoms with Crippen molar-refractivity contribution in [3.05, 3.63) is 29.3 Å². The molecule has 0 unspecified atom stereocenters. The van der Waals surface area contributed by atoms with Crippen LogP contribution in [0.3, 0.4) is 0 Å². The first-order valence-electron chi connectivity index (χ1n) is 6.02. The van der Waals surface area contributed by atoms with E-state index in [1.807, 2.05) is 0 Å². The van der Waals surface area contributed by atoms with Crippen molar-refractivity contribution in [1.29, 1.82) is 0 Å². The molecule has 1 aliphatic heterocycles. The fraction of sp³-hybridized carbons (Fsp3) is 0.500. The largest absolute Gasteiger partial charge is 0.301 e. The lowest BCUT2D eigenvalue weighted by atomic mass is 10.4. The molecule has 0 N–H and O–H groups in total. The third-order valence-electron chi connectivity index (χ3n) is 3.23. The quantitative estimate of drug-likeness (QED) is 0.854. The summed E-state index contributed by atoms with van der Waals surface area (Å²) in [5.74, 6) is 0. The molecular weight excluding hydrogens is 307 g/mol. The molecule has 0 atom stereocenters. The molecular formula is C12H18Cl2N2O2S. The average Bonchev–Trinajstić information content (AvgIpc) is 2.39. The molecule has 0 saturated carbocycles. The molecule has 108 valence electrons. The van der Waals surface area contributed by atoms with Crippen LogP contribution in [-0.2, 0) is 10.0 Å². The van der Waals surface area contributed by atoms with Crippen LogP contribution in [0.4, 0.5) is 0 Å². The van der Waals surface area contributed by atoms with Gasteiger partial charge in [0.1, 0.15) is 4.90 Å². The van der Waals surface area contributed by atoms with Gasteiger partial charge in [-0.2, -0.15) is 4.31 Å². The van der Waals surface area contributed by atoms with Crippen LogP contribution in [0.15, 0.2) is 29.2 Å². The lowest BCUT2D eigenvalue weighted by Gasteiger charge is -2.33. The summed E-state index contributed by atoms with van der Waals surface area (Å²) in [5.41, 5.74) is 0. The van der Waals surface area contributed by atoms with Gasteiger partial charge in [-0.3, -0.25) is 0 Å². The van der Waals surface area contributed by atoms with E-state index >= 15 is 0 Å². The van der Waals surface area contributed by atoms with Crippen LogP contribution in [0.5, 0.6) is 0 Å². The van der Waals surface area contributed by atoms with Crippen LogP contribution in [0.2, 0.25) is 5.02 Å². The van der Waals surface area contributed by atoms with E-state index in [1.165, 1.54) is 4.31 Å². The Bertz CT molecular complexity index is 514. The molecule has 0 spiro atoms. The van der Waals surface area contributed by atoms with Crippen molar-refractivity contribution in [2.24, 2.45) is 0 Å². The number of hydrogen-bond acceptors (Lipinski definition) is 3. The van der Waals surface area contributed by atoms with Crippen LogP contribution in [-0.4, -0.2) is 50.3 Å². The third kappa shape index (κ3) is 3.61. The summed E-state index contributed by atoms with van der Waals surface area (Å²) < 4.78 is 26.4. The predicted octanol–water partition coefficient (Wildman–Crippen LogP) is 2.09. The van der Waals surface area contributed by atoms with E-state index in [9.17, 15) is 8.42 Å². The van der Waals surface area contributed by atoms with E-state index in [2.05, 4.69) is 11.8 Å². The summed E-state index contributed by atoms with van der Waals surface area (Å²) in [7, 11) is -3.45. The highest BCUT2D eigenvalue weighted by molar-refractivity contribution is 7.89. The van der Waals surface area contributed by atoms with E-state index in [0.717, 1.165) is 19.6 Å². The first-order valence-corrected chi connectivity index (χ1v) is 7.84. The Morgan fingerprint density at radius 2 is 1.74 bits per heavy atom. The van der Waals surface area contributed by atoms with Crippen molar-refractivity contribution < 1.29 is 8.42 Å². The highest BCUT2D eigenvalue weighted by Crippen LogP contribution is 2.24. The smallest absolute Gasteiger partial charge is 0.244 e. The van der Waals surface area contributed by atoms with Crippen LogP contribution >= 0.6 is 24.0 Å². The van der Waals surface area contributed by atoms with Crippen LogP contribution in [0, 0.1) is 0 Å². The number of piperazine rings is 1. The van der Waals surface area contributed by atoms with Crippen LogP contribution < -0.4 is 0 Å². The van der Waals surface area contributed by atoms with Crippen molar-refractivity contribution in [3.8, 4) is 0 Å². The molecule has 0 aliphatic carbocycles. The normalized spacial score (nSPS) is 18.0. The van der Waals surface area contributed by atoms with Crippen LogP contribution in [0.25, 0.3) is 0 Å². The first kappa shape index (κ1) is 16.7. The van der Waals surface area contributed by atoms with Gasteiger partial charge >= 0.3 is 0 Å². The number of likely N-dealkylation sites (N-methyl/N-ethyl adjacent to an activating group) is 1. The van der Waals surface area contributed by atoms with Gasteiger partial charge in [-0.1, -0.05) is 30.7 Å². The topological polar surface area (TPSA) is 40.6 Å². The molecule has 1 aliphatic rings. The Morgan fingerprint density at radius 3 is 2.26 bits per heavy atom. The van der Waals surface area contributed by atoms with E-state index in [-0.39, 0.29) is 22.3 Å². The van der Waals surface area contributed by atoms with Crippen molar-refractivity contribution >= 4 is 34.0 Å². The van der Waals surface area contributed by atoms with Gasteiger partial charge < -0.3 is 4.90 Å². The Labute approximate surface area is 125 Å². The fourth-order valence-electron chi connectivity index (χ4n) is 2.08. The monoisotopic (exact) mass is 324 g/mol. The molecule has 1 aromatic carbocycles. The molecule has 1 aromatic rings. The summed E-state index contributed by atoms with van der Waals surface area (Å²) >= 11 is 5.97. The Morgan fingerprint density at radius 1 is 1.16 bits per heavy atom. The third-order valence-corrected chi connectivity index (χ3v) is 5.63. The van der Waals surface area contributed by atoms with Crippen molar-refractivity contribution in [3.63, 3.8) is 0 Å². The molecule has 1 saturated heterocycles. The zero-order chi connectivity index (χ0) is 13.2. The molecule has 0 aromatic heterocycles. The fourth-order valence-corrected chi connectivity index (χ4v) is 3.99. The lowest BCUT2D eigenvalue weighted by Crippen LogP contribution is -2.48. The summed E-state index contributed by atoms with van der Waals surface area (Å²) in [6.45, 7) is 5.65. The van der Waals surface area contributed by atoms with Crippen molar-refractivity contribution in [2.75, 3.05) is 32.7 Å². The van der Waals surface area contributed by atoms with Crippen LogP contribution in [0.1, 0.15) is 6.92 Å². The van der Waals surface area contributed by atoms with Gasteiger partial charge in [0.15, 0.2) is 0 Å². The Balaban J connectivity index is 0.00000180. The van der Waals surface area contributed by atoms with Crippen molar-refractivity contribution in [1.82, 2.24) is 9.21 Å². The zero-order valence-electron chi connectivity index (χ0n) is 10.8. The standard InChI is InChI=1S/C12H17ClN2O2S.ClH/c1-2-14-7-9-15(10-8-14)18(16,17)12-6-4-3-5-11(12)13;/h3-6H,2,7-10H2,1H3;1H. The minimum atomic E-state index is -3.45. The average molecular weight is 325 g/mol. The maximum absolute atomic E-state index is 12.4. The molecule has 19 heavy (non-hydrogen) atoms. The lowest BCUT2D eigenvalue weighted by molar-refractivity contribution is 0.196. The van der Waals surface area contributed by atoms with Gasteiger partial charge in [-0.05, 0) is 18.7 Å². The summed E-state index contributed by atoms with van der Waals surface area (Å²) in [5, 5.41) is 0.287. The van der Waals surface area contributed by atoms with E-state index in [0.29, 0.717) is 13.1 Å². The molecule has 0 radical (unpaired) electrons. The highest BCUT2D eigenvalue weighted by Gasteiger charge is 2.29. The molecule has 4 nitrogen and oxygen atoms in total. The second-order valence-electron chi connectivity index (χ2n) is 4.27. The summed E-state index contributed by atoms with van der Waals surface area (Å²) in [4.78, 5) is 2.44.